The van der Waals surface area contributed by atoms with Crippen molar-refractivity contribution in [1.29, 1.82) is 0 Å². The molecule has 0 radical (unpaired) electrons. The number of primary amides is 1. The van der Waals surface area contributed by atoms with Gasteiger partial charge in [0.15, 0.2) is 0 Å². The molecule has 2 amide bonds. The van der Waals surface area contributed by atoms with Crippen LogP contribution in [0.3, 0.4) is 0 Å². The van der Waals surface area contributed by atoms with Crippen LogP contribution in [0, 0.1) is 5.92 Å². The van der Waals surface area contributed by atoms with Crippen molar-refractivity contribution in [2.24, 2.45) is 11.7 Å². The summed E-state index contributed by atoms with van der Waals surface area (Å²) in [6, 6.07) is 8.20. The van der Waals surface area contributed by atoms with Crippen LogP contribution in [0.5, 0.6) is 0 Å². The van der Waals surface area contributed by atoms with Gasteiger partial charge in [-0.25, -0.2) is 0 Å². The van der Waals surface area contributed by atoms with E-state index in [9.17, 15) is 13.8 Å². The highest BCUT2D eigenvalue weighted by atomic mass is 32.2. The molecule has 0 saturated carbocycles. The Morgan fingerprint density at radius 2 is 1.85 bits per heavy atom. The second-order valence-electron chi connectivity index (χ2n) is 4.77. The van der Waals surface area contributed by atoms with E-state index in [0.717, 1.165) is 0 Å². The highest BCUT2D eigenvalue weighted by Crippen LogP contribution is 2.08. The zero-order valence-corrected chi connectivity index (χ0v) is 12.5. The van der Waals surface area contributed by atoms with E-state index in [1.807, 2.05) is 6.07 Å². The molecule has 0 aromatic heterocycles. The maximum absolute atomic E-state index is 12.0. The number of carbonyl (C=O) groups is 2. The van der Waals surface area contributed by atoms with E-state index in [0.29, 0.717) is 4.90 Å². The molecule has 0 bridgehead atoms. The molecule has 0 unspecified atom stereocenters. The zero-order valence-electron chi connectivity index (χ0n) is 11.7. The smallest absolute Gasteiger partial charge is 0.240 e. The molecule has 1 rings (SSSR count). The molecular formula is C14H20N2O3S. The molecule has 1 aromatic carbocycles. The minimum Gasteiger partial charge on any atom is -0.368 e. The summed E-state index contributed by atoms with van der Waals surface area (Å²) in [7, 11) is -1.21. The van der Waals surface area contributed by atoms with Gasteiger partial charge in [0, 0.05) is 16.6 Å². The molecule has 0 aliphatic rings. The number of amides is 2. The van der Waals surface area contributed by atoms with Gasteiger partial charge in [-0.2, -0.15) is 0 Å². The van der Waals surface area contributed by atoms with Crippen molar-refractivity contribution in [2.45, 2.75) is 31.2 Å². The van der Waals surface area contributed by atoms with Crippen molar-refractivity contribution >= 4 is 22.6 Å². The predicted molar refractivity (Wildman–Crippen MR) is 78.3 cm³/mol. The van der Waals surface area contributed by atoms with Crippen LogP contribution in [0.2, 0.25) is 0 Å². The standard InChI is InChI=1S/C14H20N2O3S/c1-10(2)14(18)16-12(13(15)17)8-9-20(19)11-6-4-3-5-7-11/h3-7,10,12H,8-9H2,1-2H3,(H2,15,17)(H,16,18)/t12-,20+/m0/s1. The van der Waals surface area contributed by atoms with E-state index >= 15 is 0 Å². The summed E-state index contributed by atoms with van der Waals surface area (Å²) in [5.41, 5.74) is 5.26. The third-order valence-electron chi connectivity index (χ3n) is 2.78. The molecule has 5 nitrogen and oxygen atoms in total. The van der Waals surface area contributed by atoms with E-state index in [4.69, 9.17) is 5.73 Å². The minimum absolute atomic E-state index is 0.225. The molecule has 0 spiro atoms. The fourth-order valence-electron chi connectivity index (χ4n) is 1.54. The Morgan fingerprint density at radius 1 is 1.25 bits per heavy atom. The van der Waals surface area contributed by atoms with Gasteiger partial charge < -0.3 is 11.1 Å². The SMILES string of the molecule is CC(C)C(=O)N[C@@H](CC[S@@](=O)c1ccccc1)C(N)=O. The number of hydrogen-bond donors (Lipinski definition) is 2. The first-order valence-corrected chi connectivity index (χ1v) is 7.76. The topological polar surface area (TPSA) is 89.3 Å². The number of nitrogens with two attached hydrogens (primary N) is 1. The highest BCUT2D eigenvalue weighted by molar-refractivity contribution is 7.85. The van der Waals surface area contributed by atoms with Crippen LogP contribution >= 0.6 is 0 Å². The Labute approximate surface area is 121 Å². The molecule has 1 aromatic rings. The fraction of sp³-hybridized carbons (Fsp3) is 0.429. The summed E-state index contributed by atoms with van der Waals surface area (Å²) in [6.45, 7) is 3.46. The van der Waals surface area contributed by atoms with E-state index in [1.54, 1.807) is 38.1 Å². The van der Waals surface area contributed by atoms with Crippen molar-refractivity contribution in [3.05, 3.63) is 30.3 Å². The van der Waals surface area contributed by atoms with Crippen LogP contribution < -0.4 is 11.1 Å². The Bertz CT molecular complexity index is 488. The molecule has 110 valence electrons. The van der Waals surface area contributed by atoms with Crippen molar-refractivity contribution < 1.29 is 13.8 Å². The van der Waals surface area contributed by atoms with Crippen LogP contribution in [0.25, 0.3) is 0 Å². The lowest BCUT2D eigenvalue weighted by Crippen LogP contribution is -2.46. The van der Waals surface area contributed by atoms with Gasteiger partial charge in [0.1, 0.15) is 6.04 Å². The van der Waals surface area contributed by atoms with Gasteiger partial charge >= 0.3 is 0 Å². The average Bonchev–Trinajstić information content (AvgIpc) is 2.43. The second-order valence-corrected chi connectivity index (χ2v) is 6.34. The largest absolute Gasteiger partial charge is 0.368 e. The van der Waals surface area contributed by atoms with Gasteiger partial charge in [-0.3, -0.25) is 13.8 Å². The van der Waals surface area contributed by atoms with Gasteiger partial charge in [0.2, 0.25) is 11.8 Å². The van der Waals surface area contributed by atoms with E-state index in [1.165, 1.54) is 0 Å². The molecule has 0 fully saturated rings. The summed E-state index contributed by atoms with van der Waals surface area (Å²) < 4.78 is 12.0. The monoisotopic (exact) mass is 296 g/mol. The van der Waals surface area contributed by atoms with Crippen molar-refractivity contribution in [3.8, 4) is 0 Å². The van der Waals surface area contributed by atoms with Crippen LogP contribution in [-0.4, -0.2) is 27.8 Å². The van der Waals surface area contributed by atoms with Crippen LogP contribution in [0.4, 0.5) is 0 Å². The maximum atomic E-state index is 12.0. The van der Waals surface area contributed by atoms with Crippen LogP contribution in [-0.2, 0) is 20.4 Å². The van der Waals surface area contributed by atoms with Gasteiger partial charge in [0.25, 0.3) is 0 Å². The second kappa shape index (κ2) is 7.79. The van der Waals surface area contributed by atoms with Crippen LogP contribution in [0.1, 0.15) is 20.3 Å². The van der Waals surface area contributed by atoms with Crippen molar-refractivity contribution in [1.82, 2.24) is 5.32 Å². The molecule has 0 aliphatic heterocycles. The number of rotatable bonds is 7. The Kier molecular flexibility index (Phi) is 6.38. The maximum Gasteiger partial charge on any atom is 0.240 e. The lowest BCUT2D eigenvalue weighted by Gasteiger charge is -2.16. The fourth-order valence-corrected chi connectivity index (χ4v) is 2.69. The third-order valence-corrected chi connectivity index (χ3v) is 4.19. The Balaban J connectivity index is 2.57. The average molecular weight is 296 g/mol. The summed E-state index contributed by atoms with van der Waals surface area (Å²) >= 11 is 0. The van der Waals surface area contributed by atoms with E-state index in [-0.39, 0.29) is 24.0 Å². The first-order chi connectivity index (χ1) is 9.41. The summed E-state index contributed by atoms with van der Waals surface area (Å²) in [6.07, 6.45) is 0.259. The lowest BCUT2D eigenvalue weighted by atomic mass is 10.1. The molecule has 2 atom stereocenters. The van der Waals surface area contributed by atoms with E-state index in [2.05, 4.69) is 5.32 Å². The van der Waals surface area contributed by atoms with Gasteiger partial charge in [-0.15, -0.1) is 0 Å². The summed E-state index contributed by atoms with van der Waals surface area (Å²) in [5.74, 6) is -0.796. The van der Waals surface area contributed by atoms with Crippen LogP contribution in [0.15, 0.2) is 35.2 Å². The summed E-state index contributed by atoms with van der Waals surface area (Å²) in [4.78, 5) is 23.6. The van der Waals surface area contributed by atoms with Gasteiger partial charge in [-0.05, 0) is 18.6 Å². The van der Waals surface area contributed by atoms with Gasteiger partial charge in [0.05, 0.1) is 10.8 Å². The lowest BCUT2D eigenvalue weighted by molar-refractivity contribution is -0.129. The molecule has 3 N–H and O–H groups in total. The number of benzene rings is 1. The predicted octanol–water partition coefficient (Wildman–Crippen LogP) is 0.810. The van der Waals surface area contributed by atoms with Crippen molar-refractivity contribution in [2.75, 3.05) is 5.75 Å². The van der Waals surface area contributed by atoms with Crippen molar-refractivity contribution in [3.63, 3.8) is 0 Å². The minimum atomic E-state index is -1.21. The first kappa shape index (κ1) is 16.4. The molecule has 20 heavy (non-hydrogen) atoms. The number of carbonyl (C=O) groups excluding carboxylic acids is 2. The van der Waals surface area contributed by atoms with E-state index < -0.39 is 22.7 Å². The zero-order chi connectivity index (χ0) is 15.1. The highest BCUT2D eigenvalue weighted by Gasteiger charge is 2.20. The van der Waals surface area contributed by atoms with Gasteiger partial charge in [-0.1, -0.05) is 32.0 Å². The Hall–Kier alpha value is -1.69. The first-order valence-electron chi connectivity index (χ1n) is 6.45. The molecule has 6 heteroatoms. The molecular weight excluding hydrogens is 276 g/mol. The quantitative estimate of drug-likeness (QED) is 0.780. The Morgan fingerprint density at radius 3 is 2.35 bits per heavy atom. The number of hydrogen-bond acceptors (Lipinski definition) is 3. The normalized spacial score (nSPS) is 13.8. The number of nitrogens with one attached hydrogen (secondary N) is 1. The summed E-state index contributed by atoms with van der Waals surface area (Å²) in [5, 5.41) is 2.57. The molecule has 0 heterocycles. The molecule has 0 aliphatic carbocycles. The molecule has 0 saturated heterocycles. The third kappa shape index (κ3) is 5.13.